The molecule has 2 N–H and O–H groups in total. The first-order valence-corrected chi connectivity index (χ1v) is 12.3. The molecule has 1 atom stereocenters. The van der Waals surface area contributed by atoms with Crippen molar-refractivity contribution >= 4 is 21.4 Å². The predicted molar refractivity (Wildman–Crippen MR) is 122 cm³/mol. The van der Waals surface area contributed by atoms with Gasteiger partial charge in [-0.2, -0.15) is 0 Å². The maximum Gasteiger partial charge on any atom is 0.216 e. The van der Waals surface area contributed by atoms with E-state index in [1.807, 2.05) is 0 Å². The second kappa shape index (κ2) is 10.6. The normalized spacial score (nSPS) is 18.3. The summed E-state index contributed by atoms with van der Waals surface area (Å²) < 4.78 is 31.8. The van der Waals surface area contributed by atoms with Crippen molar-refractivity contribution in [1.29, 1.82) is 0 Å². The van der Waals surface area contributed by atoms with E-state index >= 15 is 0 Å². The number of ether oxygens (including phenoxy) is 1. The van der Waals surface area contributed by atoms with Crippen LogP contribution in [-0.4, -0.2) is 52.1 Å². The number of nitrogens with one attached hydrogen (secondary N) is 2. The fourth-order valence-corrected chi connectivity index (χ4v) is 4.03. The summed E-state index contributed by atoms with van der Waals surface area (Å²) in [5.41, 5.74) is 2.37. The first-order valence-electron chi connectivity index (χ1n) is 10.8. The van der Waals surface area contributed by atoms with Gasteiger partial charge in [0.25, 0.3) is 0 Å². The molecule has 29 heavy (non-hydrogen) atoms. The Morgan fingerprint density at radius 3 is 2.38 bits per heavy atom. The summed E-state index contributed by atoms with van der Waals surface area (Å²) in [6.45, 7) is 13.6. The summed E-state index contributed by atoms with van der Waals surface area (Å²) in [5.74, 6) is 0.530. The Balaban J connectivity index is 1.65. The molecular weight excluding hydrogens is 386 g/mol. The van der Waals surface area contributed by atoms with Crippen LogP contribution in [0.4, 0.5) is 11.4 Å². The van der Waals surface area contributed by atoms with Gasteiger partial charge in [0.1, 0.15) is 0 Å². The molecule has 0 radical (unpaired) electrons. The SMILES string of the molecule is CC(C)C1CN(c2ccc(NCCCCCNS(=O)(=O)C(C)(C)C)cc2)CCO1. The molecular formula is C22H39N3O3S. The number of anilines is 2. The Labute approximate surface area is 177 Å². The van der Waals surface area contributed by atoms with Crippen LogP contribution in [0.5, 0.6) is 0 Å². The number of rotatable bonds is 10. The molecule has 0 amide bonds. The molecule has 1 saturated heterocycles. The van der Waals surface area contributed by atoms with Gasteiger partial charge in [0, 0.05) is 37.6 Å². The number of nitrogens with zero attached hydrogens (tertiary/aromatic N) is 1. The lowest BCUT2D eigenvalue weighted by Gasteiger charge is -2.36. The van der Waals surface area contributed by atoms with Gasteiger partial charge in [0.2, 0.25) is 10.0 Å². The highest BCUT2D eigenvalue weighted by molar-refractivity contribution is 7.90. The van der Waals surface area contributed by atoms with Crippen LogP contribution in [-0.2, 0) is 14.8 Å². The van der Waals surface area contributed by atoms with Crippen LogP contribution in [0.1, 0.15) is 53.9 Å². The van der Waals surface area contributed by atoms with Gasteiger partial charge in [0.15, 0.2) is 0 Å². The average molecular weight is 426 g/mol. The highest BCUT2D eigenvalue weighted by Gasteiger charge is 2.28. The van der Waals surface area contributed by atoms with Crippen LogP contribution in [0.3, 0.4) is 0 Å². The Bertz CT molecular complexity index is 712. The van der Waals surface area contributed by atoms with Gasteiger partial charge < -0.3 is 15.0 Å². The first-order chi connectivity index (χ1) is 13.6. The first kappa shape index (κ1) is 24.0. The largest absolute Gasteiger partial charge is 0.385 e. The molecule has 1 heterocycles. The lowest BCUT2D eigenvalue weighted by molar-refractivity contribution is 0.0114. The third kappa shape index (κ3) is 7.46. The topological polar surface area (TPSA) is 70.7 Å². The summed E-state index contributed by atoms with van der Waals surface area (Å²) in [6.07, 6.45) is 3.15. The minimum absolute atomic E-state index is 0.300. The minimum Gasteiger partial charge on any atom is -0.385 e. The third-order valence-electron chi connectivity index (χ3n) is 5.35. The zero-order valence-electron chi connectivity index (χ0n) is 18.7. The molecule has 1 unspecified atom stereocenters. The third-order valence-corrected chi connectivity index (χ3v) is 7.55. The van der Waals surface area contributed by atoms with Crippen LogP contribution in [0.2, 0.25) is 0 Å². The highest BCUT2D eigenvalue weighted by atomic mass is 32.2. The quantitative estimate of drug-likeness (QED) is 0.557. The number of sulfonamides is 1. The molecule has 1 aromatic rings. The molecule has 1 aliphatic heterocycles. The summed E-state index contributed by atoms with van der Waals surface area (Å²) in [5, 5.41) is 3.45. The monoisotopic (exact) mass is 425 g/mol. The maximum absolute atomic E-state index is 12.0. The minimum atomic E-state index is -3.23. The lowest BCUT2D eigenvalue weighted by atomic mass is 10.1. The highest BCUT2D eigenvalue weighted by Crippen LogP contribution is 2.22. The van der Waals surface area contributed by atoms with Crippen molar-refractivity contribution in [3.05, 3.63) is 24.3 Å². The van der Waals surface area contributed by atoms with E-state index in [-0.39, 0.29) is 0 Å². The van der Waals surface area contributed by atoms with Crippen LogP contribution in [0.15, 0.2) is 24.3 Å². The Morgan fingerprint density at radius 1 is 1.10 bits per heavy atom. The molecule has 0 spiro atoms. The Kier molecular flexibility index (Phi) is 8.79. The van der Waals surface area contributed by atoms with Crippen molar-refractivity contribution < 1.29 is 13.2 Å². The molecule has 1 fully saturated rings. The average Bonchev–Trinajstić information content (AvgIpc) is 2.67. The van der Waals surface area contributed by atoms with Gasteiger partial charge in [-0.1, -0.05) is 20.3 Å². The second-order valence-electron chi connectivity index (χ2n) is 9.14. The van der Waals surface area contributed by atoms with Crippen molar-refractivity contribution in [2.75, 3.05) is 43.0 Å². The molecule has 2 rings (SSSR count). The molecule has 0 aromatic heterocycles. The van der Waals surface area contributed by atoms with Gasteiger partial charge in [-0.15, -0.1) is 0 Å². The van der Waals surface area contributed by atoms with E-state index in [1.54, 1.807) is 20.8 Å². The van der Waals surface area contributed by atoms with Crippen molar-refractivity contribution in [3.8, 4) is 0 Å². The predicted octanol–water partition coefficient (Wildman–Crippen LogP) is 3.85. The number of morpholine rings is 1. The zero-order valence-corrected chi connectivity index (χ0v) is 19.5. The van der Waals surface area contributed by atoms with Crippen LogP contribution in [0.25, 0.3) is 0 Å². The van der Waals surface area contributed by atoms with E-state index in [2.05, 4.69) is 53.1 Å². The number of hydrogen-bond acceptors (Lipinski definition) is 5. The fourth-order valence-electron chi connectivity index (χ4n) is 3.19. The maximum atomic E-state index is 12.0. The standard InChI is InChI=1S/C22H39N3O3S/c1-18(2)21-17-25(15-16-28-21)20-11-9-19(10-12-20)23-13-7-6-8-14-24-29(26,27)22(3,4)5/h9-12,18,21,23-24H,6-8,13-17H2,1-5H3. The van der Waals surface area contributed by atoms with E-state index in [0.29, 0.717) is 18.6 Å². The lowest BCUT2D eigenvalue weighted by Crippen LogP contribution is -2.44. The fraction of sp³-hybridized carbons (Fsp3) is 0.727. The summed E-state index contributed by atoms with van der Waals surface area (Å²) in [6, 6.07) is 8.61. The summed E-state index contributed by atoms with van der Waals surface area (Å²) in [4.78, 5) is 2.40. The second-order valence-corrected chi connectivity index (χ2v) is 11.7. The van der Waals surface area contributed by atoms with Crippen molar-refractivity contribution in [2.45, 2.75) is 64.7 Å². The molecule has 6 nitrogen and oxygen atoms in total. The van der Waals surface area contributed by atoms with Crippen molar-refractivity contribution in [1.82, 2.24) is 4.72 Å². The van der Waals surface area contributed by atoms with E-state index < -0.39 is 14.8 Å². The zero-order chi connectivity index (χ0) is 21.5. The van der Waals surface area contributed by atoms with Gasteiger partial charge in [-0.25, -0.2) is 13.1 Å². The summed E-state index contributed by atoms with van der Waals surface area (Å²) >= 11 is 0. The Morgan fingerprint density at radius 2 is 1.76 bits per heavy atom. The molecule has 0 bridgehead atoms. The number of unbranched alkanes of at least 4 members (excludes halogenated alkanes) is 2. The van der Waals surface area contributed by atoms with E-state index in [0.717, 1.165) is 51.2 Å². The van der Waals surface area contributed by atoms with E-state index in [9.17, 15) is 8.42 Å². The van der Waals surface area contributed by atoms with Gasteiger partial charge >= 0.3 is 0 Å². The molecule has 1 aromatic carbocycles. The van der Waals surface area contributed by atoms with Crippen LogP contribution >= 0.6 is 0 Å². The molecule has 0 saturated carbocycles. The van der Waals surface area contributed by atoms with Crippen molar-refractivity contribution in [3.63, 3.8) is 0 Å². The van der Waals surface area contributed by atoms with Crippen LogP contribution in [0, 0.1) is 5.92 Å². The molecule has 1 aliphatic rings. The number of hydrogen-bond donors (Lipinski definition) is 2. The van der Waals surface area contributed by atoms with Gasteiger partial charge in [-0.3, -0.25) is 0 Å². The smallest absolute Gasteiger partial charge is 0.216 e. The summed E-state index contributed by atoms with van der Waals surface area (Å²) in [7, 11) is -3.23. The molecule has 7 heteroatoms. The number of benzene rings is 1. The van der Waals surface area contributed by atoms with Crippen LogP contribution < -0.4 is 14.9 Å². The van der Waals surface area contributed by atoms with Gasteiger partial charge in [0.05, 0.1) is 17.5 Å². The van der Waals surface area contributed by atoms with E-state index in [4.69, 9.17) is 4.74 Å². The molecule has 0 aliphatic carbocycles. The van der Waals surface area contributed by atoms with E-state index in [1.165, 1.54) is 5.69 Å². The molecule has 166 valence electrons. The Hall–Kier alpha value is -1.31. The van der Waals surface area contributed by atoms with Crippen molar-refractivity contribution in [2.24, 2.45) is 5.92 Å². The van der Waals surface area contributed by atoms with Gasteiger partial charge in [-0.05, 0) is 63.8 Å².